The molecule has 0 aliphatic carbocycles. The molecule has 7 nitrogen and oxygen atoms in total. The minimum Gasteiger partial charge on any atom is -0.366 e. The number of aryl methyl sites for hydroxylation is 1. The molecule has 0 bridgehead atoms. The van der Waals surface area contributed by atoms with E-state index in [0.29, 0.717) is 5.56 Å². The van der Waals surface area contributed by atoms with Crippen molar-refractivity contribution in [3.8, 4) is 11.1 Å². The number of nitrogens with two attached hydrogens (primary N) is 1. The molecule has 4 aromatic rings. The topological polar surface area (TPSA) is 98.3 Å². The first kappa shape index (κ1) is 21.7. The minimum atomic E-state index is -3.91. The Bertz CT molecular complexity index is 1420. The van der Waals surface area contributed by atoms with Crippen molar-refractivity contribution in [1.29, 1.82) is 0 Å². The summed E-state index contributed by atoms with van der Waals surface area (Å²) in [7, 11) is 0.0331. The number of rotatable bonds is 6. The number of carbonyl (C=O) groups excluding carboxylic acids is 1. The highest BCUT2D eigenvalue weighted by molar-refractivity contribution is 7.90. The minimum absolute atomic E-state index is 0.104. The van der Waals surface area contributed by atoms with Crippen LogP contribution in [0.25, 0.3) is 22.2 Å². The van der Waals surface area contributed by atoms with Gasteiger partial charge in [-0.1, -0.05) is 35.9 Å². The number of hydrogen-bond acceptors (Lipinski definition) is 5. The molecule has 0 saturated heterocycles. The molecule has 0 unspecified atom stereocenters. The van der Waals surface area contributed by atoms with Crippen LogP contribution in [-0.2, 0) is 16.6 Å². The van der Waals surface area contributed by atoms with E-state index in [9.17, 15) is 13.2 Å². The Morgan fingerprint density at radius 1 is 1.16 bits per heavy atom. The standard InChI is InChI=1S/C24H23N4O3S/c1-16-7-9-19(10-8-16)32(30,31)28-12-11-20-22(23(25)29)21(14-26-24(20)28)18-6-4-5-17(13-18)15-27(2)3/h4-10,12-14H,15H2,1-3H3,(H2,25,29). The van der Waals surface area contributed by atoms with Crippen LogP contribution in [0.15, 0.2) is 65.8 Å². The largest absolute Gasteiger partial charge is 0.366 e. The third-order valence-electron chi connectivity index (χ3n) is 5.15. The first-order valence-electron chi connectivity index (χ1n) is 9.96. The molecule has 2 heterocycles. The van der Waals surface area contributed by atoms with Crippen molar-refractivity contribution in [2.75, 3.05) is 14.1 Å². The number of primary amides is 1. The van der Waals surface area contributed by atoms with E-state index >= 15 is 0 Å². The molecule has 8 heteroatoms. The number of benzene rings is 2. The van der Waals surface area contributed by atoms with Crippen LogP contribution in [-0.4, -0.2) is 42.3 Å². The van der Waals surface area contributed by atoms with Gasteiger partial charge in [0.25, 0.3) is 10.0 Å². The summed E-state index contributed by atoms with van der Waals surface area (Å²) < 4.78 is 27.4. The van der Waals surface area contributed by atoms with Gasteiger partial charge in [0.05, 0.1) is 10.5 Å². The molecule has 0 spiro atoms. The summed E-state index contributed by atoms with van der Waals surface area (Å²) in [6, 6.07) is 17.2. The van der Waals surface area contributed by atoms with Gasteiger partial charge in [-0.05, 0) is 50.3 Å². The van der Waals surface area contributed by atoms with Crippen LogP contribution in [0.5, 0.6) is 0 Å². The van der Waals surface area contributed by atoms with E-state index in [1.54, 1.807) is 12.1 Å². The molecule has 4 rings (SSSR count). The predicted octanol–water partition coefficient (Wildman–Crippen LogP) is 3.21. The number of hydrogen-bond donors (Lipinski definition) is 1. The third kappa shape index (κ3) is 3.90. The Morgan fingerprint density at radius 2 is 1.88 bits per heavy atom. The van der Waals surface area contributed by atoms with Crippen molar-refractivity contribution in [2.45, 2.75) is 18.4 Å². The molecule has 0 saturated carbocycles. The second kappa shape index (κ2) is 8.22. The highest BCUT2D eigenvalue weighted by Gasteiger charge is 2.24. The predicted molar refractivity (Wildman–Crippen MR) is 124 cm³/mol. The van der Waals surface area contributed by atoms with Crippen LogP contribution in [0.3, 0.4) is 0 Å². The number of fused-ring (bicyclic) bond motifs is 1. The molecule has 1 radical (unpaired) electrons. The highest BCUT2D eigenvalue weighted by Crippen LogP contribution is 2.31. The lowest BCUT2D eigenvalue weighted by molar-refractivity contribution is 0.100. The molecule has 2 N–H and O–H groups in total. The normalized spacial score (nSPS) is 11.9. The second-order valence-corrected chi connectivity index (χ2v) is 9.75. The molecule has 2 aromatic heterocycles. The van der Waals surface area contributed by atoms with Gasteiger partial charge in [-0.25, -0.2) is 17.4 Å². The average molecular weight is 448 g/mol. The summed E-state index contributed by atoms with van der Waals surface area (Å²) in [5.41, 5.74) is 9.34. The van der Waals surface area contributed by atoms with Crippen LogP contribution in [0.4, 0.5) is 0 Å². The number of amides is 1. The number of carbonyl (C=O) groups is 1. The van der Waals surface area contributed by atoms with Crippen molar-refractivity contribution >= 4 is 27.0 Å². The Balaban J connectivity index is 1.89. The smallest absolute Gasteiger partial charge is 0.269 e. The maximum atomic E-state index is 13.2. The van der Waals surface area contributed by atoms with Gasteiger partial charge in [-0.2, -0.15) is 0 Å². The third-order valence-corrected chi connectivity index (χ3v) is 6.82. The van der Waals surface area contributed by atoms with Gasteiger partial charge in [0.2, 0.25) is 5.91 Å². The zero-order chi connectivity index (χ0) is 23.0. The quantitative estimate of drug-likeness (QED) is 0.489. The van der Waals surface area contributed by atoms with E-state index in [-0.39, 0.29) is 21.5 Å². The fourth-order valence-corrected chi connectivity index (χ4v) is 4.94. The van der Waals surface area contributed by atoms with Crippen molar-refractivity contribution in [3.63, 3.8) is 0 Å². The van der Waals surface area contributed by atoms with Crippen molar-refractivity contribution in [1.82, 2.24) is 13.9 Å². The summed E-state index contributed by atoms with van der Waals surface area (Å²) in [6.07, 6.45) is 2.78. The number of nitrogens with zero attached hydrogens (tertiary/aromatic N) is 3. The molecule has 0 aliphatic rings. The van der Waals surface area contributed by atoms with Gasteiger partial charge < -0.3 is 10.6 Å². The van der Waals surface area contributed by atoms with Gasteiger partial charge in [0.1, 0.15) is 0 Å². The van der Waals surface area contributed by atoms with Gasteiger partial charge in [-0.3, -0.25) is 4.79 Å². The first-order chi connectivity index (χ1) is 15.2. The summed E-state index contributed by atoms with van der Waals surface area (Å²) in [4.78, 5) is 19.0. The maximum Gasteiger partial charge on any atom is 0.269 e. The van der Waals surface area contributed by atoms with Crippen LogP contribution >= 0.6 is 0 Å². The van der Waals surface area contributed by atoms with E-state index in [0.717, 1.165) is 27.2 Å². The summed E-state index contributed by atoms with van der Waals surface area (Å²) in [6.45, 7) is 2.61. The van der Waals surface area contributed by atoms with Crippen molar-refractivity contribution < 1.29 is 13.2 Å². The summed E-state index contributed by atoms with van der Waals surface area (Å²) in [5, 5.41) is 0.267. The maximum absolute atomic E-state index is 13.2. The van der Waals surface area contributed by atoms with E-state index in [1.165, 1.54) is 24.5 Å². The fourth-order valence-electron chi connectivity index (χ4n) is 3.67. The monoisotopic (exact) mass is 447 g/mol. The number of aromatic nitrogens is 2. The van der Waals surface area contributed by atoms with Gasteiger partial charge >= 0.3 is 0 Å². The first-order valence-corrected chi connectivity index (χ1v) is 11.4. The summed E-state index contributed by atoms with van der Waals surface area (Å²) in [5.74, 6) is -0.674. The average Bonchev–Trinajstić information content (AvgIpc) is 3.18. The Kier molecular flexibility index (Phi) is 5.58. The molecule has 1 amide bonds. The molecular formula is C24H23N4O3S. The van der Waals surface area contributed by atoms with Gasteiger partial charge in [0, 0.05) is 36.0 Å². The highest BCUT2D eigenvalue weighted by atomic mass is 32.2. The van der Waals surface area contributed by atoms with Crippen LogP contribution in [0.1, 0.15) is 21.5 Å². The van der Waals surface area contributed by atoms with E-state index in [1.807, 2.05) is 50.2 Å². The fraction of sp³-hybridized carbons (Fsp3) is 0.167. The lowest BCUT2D eigenvalue weighted by Crippen LogP contribution is -2.15. The molecule has 163 valence electrons. The number of pyridine rings is 1. The molecule has 0 atom stereocenters. The van der Waals surface area contributed by atoms with Crippen LogP contribution in [0, 0.1) is 13.0 Å². The Hall–Kier alpha value is -3.49. The summed E-state index contributed by atoms with van der Waals surface area (Å²) >= 11 is 0. The lowest BCUT2D eigenvalue weighted by Gasteiger charge is -2.13. The lowest BCUT2D eigenvalue weighted by atomic mass is 9.97. The van der Waals surface area contributed by atoms with Crippen LogP contribution < -0.4 is 5.73 Å². The Morgan fingerprint density at radius 3 is 2.53 bits per heavy atom. The molecule has 2 aromatic carbocycles. The van der Waals surface area contributed by atoms with Crippen molar-refractivity contribution in [3.05, 3.63) is 83.7 Å². The molecular weight excluding hydrogens is 424 g/mol. The zero-order valence-electron chi connectivity index (χ0n) is 18.0. The van der Waals surface area contributed by atoms with Crippen molar-refractivity contribution in [2.24, 2.45) is 5.73 Å². The van der Waals surface area contributed by atoms with E-state index < -0.39 is 15.9 Å². The van der Waals surface area contributed by atoms with E-state index in [4.69, 9.17) is 5.73 Å². The Labute approximate surface area is 187 Å². The SMILES string of the molecule is Cc1ccc(S(=O)(=O)n2c[c]c3c(C(N)=O)c(-c4cccc(CN(C)C)c4)cnc32)cc1. The van der Waals surface area contributed by atoms with Crippen LogP contribution in [0.2, 0.25) is 0 Å². The zero-order valence-corrected chi connectivity index (χ0v) is 18.8. The van der Waals surface area contributed by atoms with Gasteiger partial charge in [0.15, 0.2) is 5.65 Å². The molecule has 32 heavy (non-hydrogen) atoms. The van der Waals surface area contributed by atoms with Gasteiger partial charge in [-0.15, -0.1) is 0 Å². The second-order valence-electron chi connectivity index (χ2n) is 7.94. The van der Waals surface area contributed by atoms with E-state index in [2.05, 4.69) is 11.1 Å². The molecule has 0 fully saturated rings. The molecule has 0 aliphatic heterocycles.